The molecule has 0 saturated carbocycles. The van der Waals surface area contributed by atoms with Crippen LogP contribution in [0.15, 0.2) is 0 Å². The van der Waals surface area contributed by atoms with Crippen LogP contribution in [0.5, 0.6) is 0 Å². The zero-order valence-corrected chi connectivity index (χ0v) is 5.20. The summed E-state index contributed by atoms with van der Waals surface area (Å²) in [6.45, 7) is 0. The fourth-order valence-corrected chi connectivity index (χ4v) is 0.0552. The Hall–Kier alpha value is 1.12. The molecule has 0 aliphatic rings. The predicted molar refractivity (Wildman–Crippen MR) is 31.3 cm³/mol. The Morgan fingerprint density at radius 1 is 1.88 bits per heavy atom. The second kappa shape index (κ2) is 6.24. The van der Waals surface area contributed by atoms with Crippen LogP contribution >= 0.6 is 0 Å². The maximum atomic E-state index is 9.69. The second-order valence-corrected chi connectivity index (χ2v) is 1.95. The SMILES string of the molecule is N#CC([SeH])C(=O)O.[KH]. The predicted octanol–water partition coefficient (Wildman–Crippen LogP) is -1.36. The minimum atomic E-state index is -1.09. The molecule has 0 fully saturated rings. The molecule has 0 saturated heterocycles. The normalized spacial score (nSPS) is 10.5. The monoisotopic (exact) mass is 205 g/mol. The molecular weight excluding hydrogens is 200 g/mol. The zero-order chi connectivity index (χ0) is 5.86. The van der Waals surface area contributed by atoms with Gasteiger partial charge in [-0.3, -0.25) is 0 Å². The Balaban J connectivity index is 0. The topological polar surface area (TPSA) is 61.1 Å². The van der Waals surface area contributed by atoms with Gasteiger partial charge in [0.1, 0.15) is 0 Å². The van der Waals surface area contributed by atoms with Crippen LogP contribution in [0.3, 0.4) is 0 Å². The van der Waals surface area contributed by atoms with E-state index in [1.54, 1.807) is 16.0 Å². The molecular formula is C3H4KNO2Se. The molecule has 0 aromatic rings. The summed E-state index contributed by atoms with van der Waals surface area (Å²) in [6, 6.07) is 1.54. The molecule has 3 nitrogen and oxygen atoms in total. The molecule has 0 aromatic carbocycles. The minimum absolute atomic E-state index is 0. The summed E-state index contributed by atoms with van der Waals surface area (Å²) in [6.07, 6.45) is 0. The number of nitrogens with zero attached hydrogens (tertiary/aromatic N) is 1. The molecule has 1 atom stereocenters. The van der Waals surface area contributed by atoms with Crippen molar-refractivity contribution in [3.05, 3.63) is 0 Å². The molecule has 1 unspecified atom stereocenters. The average molecular weight is 204 g/mol. The Labute approximate surface area is 97.7 Å². The number of hydrogen-bond donors (Lipinski definition) is 1. The van der Waals surface area contributed by atoms with Crippen LogP contribution in [-0.4, -0.2) is 78.5 Å². The summed E-state index contributed by atoms with van der Waals surface area (Å²) in [4.78, 5) is 8.75. The summed E-state index contributed by atoms with van der Waals surface area (Å²) < 4.78 is 0. The molecule has 0 amide bonds. The molecule has 0 heterocycles. The standard InChI is InChI=1S/C3H3NO2Se.K.H/c4-1-2(7)3(5)6;;/h2,7H,(H,5,6);;. The Morgan fingerprint density at radius 3 is 2.25 bits per heavy atom. The van der Waals surface area contributed by atoms with Gasteiger partial charge in [-0.05, 0) is 0 Å². The Morgan fingerprint density at radius 2 is 2.25 bits per heavy atom. The number of nitriles is 1. The first-order valence-electron chi connectivity index (χ1n) is 1.49. The second-order valence-electron chi connectivity index (χ2n) is 0.870. The van der Waals surface area contributed by atoms with Crippen LogP contribution in [0.2, 0.25) is 4.82 Å². The molecule has 0 bridgehead atoms. The molecule has 0 rings (SSSR count). The van der Waals surface area contributed by atoms with E-state index in [1.165, 1.54) is 6.07 Å². The number of aliphatic carboxylic acids is 1. The van der Waals surface area contributed by atoms with Crippen LogP contribution < -0.4 is 0 Å². The molecule has 40 valence electrons. The number of carboxylic acid groups (broad SMARTS) is 1. The quantitative estimate of drug-likeness (QED) is 0.536. The summed E-state index contributed by atoms with van der Waals surface area (Å²) >= 11 is 1.75. The van der Waals surface area contributed by atoms with Crippen molar-refractivity contribution >= 4 is 73.4 Å². The van der Waals surface area contributed by atoms with Crippen molar-refractivity contribution in [2.24, 2.45) is 0 Å². The zero-order valence-electron chi connectivity index (χ0n) is 3.33. The first-order chi connectivity index (χ1) is 3.18. The van der Waals surface area contributed by atoms with Gasteiger partial charge in [-0.25, -0.2) is 0 Å². The van der Waals surface area contributed by atoms with Crippen molar-refractivity contribution in [2.45, 2.75) is 4.82 Å². The van der Waals surface area contributed by atoms with Crippen LogP contribution in [-0.2, 0) is 4.79 Å². The number of carboxylic acids is 1. The van der Waals surface area contributed by atoms with Gasteiger partial charge >= 0.3 is 99.4 Å². The van der Waals surface area contributed by atoms with Crippen LogP contribution in [0.4, 0.5) is 0 Å². The van der Waals surface area contributed by atoms with Crippen molar-refractivity contribution in [2.75, 3.05) is 0 Å². The molecule has 1 N–H and O–H groups in total. The molecule has 0 aliphatic carbocycles. The van der Waals surface area contributed by atoms with Gasteiger partial charge in [-0.15, -0.1) is 0 Å². The van der Waals surface area contributed by atoms with E-state index in [1.807, 2.05) is 0 Å². The van der Waals surface area contributed by atoms with Crippen molar-refractivity contribution in [3.63, 3.8) is 0 Å². The third-order valence-corrected chi connectivity index (χ3v) is 1.06. The fourth-order valence-electron chi connectivity index (χ4n) is 0.0552. The van der Waals surface area contributed by atoms with Crippen LogP contribution in [0.1, 0.15) is 0 Å². The van der Waals surface area contributed by atoms with E-state index in [9.17, 15) is 4.79 Å². The third-order valence-electron chi connectivity index (χ3n) is 0.356. The van der Waals surface area contributed by atoms with Crippen LogP contribution in [0, 0.1) is 11.3 Å². The summed E-state index contributed by atoms with van der Waals surface area (Å²) in [5, 5.41) is 15.8. The summed E-state index contributed by atoms with van der Waals surface area (Å²) in [5.41, 5.74) is 0. The first kappa shape index (κ1) is 11.9. The average Bonchev–Trinajstić information content (AvgIpc) is 1.65. The van der Waals surface area contributed by atoms with Crippen molar-refractivity contribution < 1.29 is 9.90 Å². The first-order valence-corrected chi connectivity index (χ1v) is 2.57. The van der Waals surface area contributed by atoms with Crippen molar-refractivity contribution in [1.82, 2.24) is 0 Å². The van der Waals surface area contributed by atoms with Gasteiger partial charge in [-0.1, -0.05) is 0 Å². The van der Waals surface area contributed by atoms with Gasteiger partial charge in [-0.2, -0.15) is 0 Å². The molecule has 5 heteroatoms. The summed E-state index contributed by atoms with van der Waals surface area (Å²) in [5.74, 6) is -1.09. The Kier molecular flexibility index (Phi) is 9.25. The van der Waals surface area contributed by atoms with Gasteiger partial charge in [0.05, 0.1) is 0 Å². The third kappa shape index (κ3) is 5.26. The van der Waals surface area contributed by atoms with E-state index in [-0.39, 0.29) is 51.4 Å². The number of rotatable bonds is 1. The summed E-state index contributed by atoms with van der Waals surface area (Å²) in [7, 11) is 0. The maximum absolute atomic E-state index is 9.69. The van der Waals surface area contributed by atoms with Crippen molar-refractivity contribution in [3.8, 4) is 6.07 Å². The number of carbonyl (C=O) groups is 1. The van der Waals surface area contributed by atoms with Gasteiger partial charge < -0.3 is 0 Å². The van der Waals surface area contributed by atoms with E-state index in [2.05, 4.69) is 0 Å². The van der Waals surface area contributed by atoms with Gasteiger partial charge in [0.15, 0.2) is 0 Å². The molecule has 0 radical (unpaired) electrons. The van der Waals surface area contributed by atoms with Crippen LogP contribution in [0.25, 0.3) is 0 Å². The van der Waals surface area contributed by atoms with E-state index in [0.29, 0.717) is 0 Å². The van der Waals surface area contributed by atoms with E-state index < -0.39 is 10.8 Å². The Bertz CT molecular complexity index is 121. The van der Waals surface area contributed by atoms with Gasteiger partial charge in [0.25, 0.3) is 0 Å². The van der Waals surface area contributed by atoms with Crippen molar-refractivity contribution in [1.29, 1.82) is 5.26 Å². The molecule has 8 heavy (non-hydrogen) atoms. The molecule has 0 aliphatic heterocycles. The van der Waals surface area contributed by atoms with E-state index in [4.69, 9.17) is 10.4 Å². The van der Waals surface area contributed by atoms with Gasteiger partial charge in [0.2, 0.25) is 0 Å². The van der Waals surface area contributed by atoms with Gasteiger partial charge in [0, 0.05) is 0 Å². The van der Waals surface area contributed by atoms with E-state index in [0.717, 1.165) is 0 Å². The molecule has 0 spiro atoms. The van der Waals surface area contributed by atoms with E-state index >= 15 is 0 Å². The number of hydrogen-bond acceptors (Lipinski definition) is 2. The molecule has 0 aromatic heterocycles. The fraction of sp³-hybridized carbons (Fsp3) is 0.333.